The van der Waals surface area contributed by atoms with Gasteiger partial charge >= 0.3 is 0 Å². The summed E-state index contributed by atoms with van der Waals surface area (Å²) in [6.07, 6.45) is -0.636. The highest BCUT2D eigenvalue weighted by molar-refractivity contribution is 5.86. The minimum atomic E-state index is -0.636. The SMILES string of the molecule is CCN1CCN(C(=O)[C@H]2OCC(=O)N(C)[C@@H]2c2ccccc2)CC1. The van der Waals surface area contributed by atoms with Crippen LogP contribution < -0.4 is 0 Å². The van der Waals surface area contributed by atoms with Crippen molar-refractivity contribution < 1.29 is 14.3 Å². The average Bonchev–Trinajstić information content (AvgIpc) is 2.64. The van der Waals surface area contributed by atoms with Crippen LogP contribution in [0.1, 0.15) is 18.5 Å². The van der Waals surface area contributed by atoms with E-state index in [-0.39, 0.29) is 24.5 Å². The summed E-state index contributed by atoms with van der Waals surface area (Å²) in [5, 5.41) is 0. The quantitative estimate of drug-likeness (QED) is 0.820. The zero-order valence-corrected chi connectivity index (χ0v) is 14.4. The fraction of sp³-hybridized carbons (Fsp3) is 0.556. The smallest absolute Gasteiger partial charge is 0.254 e. The molecule has 0 unspecified atom stereocenters. The predicted molar refractivity (Wildman–Crippen MR) is 90.4 cm³/mol. The highest BCUT2D eigenvalue weighted by atomic mass is 16.5. The lowest BCUT2D eigenvalue weighted by Gasteiger charge is -2.42. The second kappa shape index (κ2) is 7.32. The van der Waals surface area contributed by atoms with Gasteiger partial charge in [-0.2, -0.15) is 0 Å². The molecule has 0 N–H and O–H groups in total. The van der Waals surface area contributed by atoms with Gasteiger partial charge in [-0.25, -0.2) is 0 Å². The molecule has 1 aromatic rings. The van der Waals surface area contributed by atoms with Crippen molar-refractivity contribution in [1.82, 2.24) is 14.7 Å². The Labute approximate surface area is 143 Å². The molecule has 2 aliphatic rings. The summed E-state index contributed by atoms with van der Waals surface area (Å²) in [5.74, 6) is -0.109. The third-order valence-electron chi connectivity index (χ3n) is 5.00. The summed E-state index contributed by atoms with van der Waals surface area (Å²) in [6, 6.07) is 9.28. The fourth-order valence-electron chi connectivity index (χ4n) is 3.43. The van der Waals surface area contributed by atoms with Crippen molar-refractivity contribution in [2.75, 3.05) is 46.4 Å². The van der Waals surface area contributed by atoms with Crippen molar-refractivity contribution >= 4 is 11.8 Å². The molecule has 2 heterocycles. The van der Waals surface area contributed by atoms with Crippen molar-refractivity contribution in [1.29, 1.82) is 0 Å². The van der Waals surface area contributed by atoms with Gasteiger partial charge < -0.3 is 19.4 Å². The van der Waals surface area contributed by atoms with E-state index in [9.17, 15) is 9.59 Å². The minimum Gasteiger partial charge on any atom is -0.356 e. The fourth-order valence-corrected chi connectivity index (χ4v) is 3.43. The second-order valence-electron chi connectivity index (χ2n) is 6.35. The highest BCUT2D eigenvalue weighted by Crippen LogP contribution is 2.30. The number of morpholine rings is 1. The molecule has 0 radical (unpaired) electrons. The number of benzene rings is 1. The van der Waals surface area contributed by atoms with Crippen LogP contribution >= 0.6 is 0 Å². The van der Waals surface area contributed by atoms with Gasteiger partial charge in [0.15, 0.2) is 6.10 Å². The van der Waals surface area contributed by atoms with E-state index in [0.717, 1.165) is 25.2 Å². The molecule has 6 nitrogen and oxygen atoms in total. The van der Waals surface area contributed by atoms with Crippen LogP contribution in [0.4, 0.5) is 0 Å². The third kappa shape index (κ3) is 3.30. The Bertz CT molecular complexity index is 584. The van der Waals surface area contributed by atoms with Gasteiger partial charge in [-0.1, -0.05) is 37.3 Å². The van der Waals surface area contributed by atoms with Gasteiger partial charge in [-0.05, 0) is 12.1 Å². The average molecular weight is 331 g/mol. The summed E-state index contributed by atoms with van der Waals surface area (Å²) >= 11 is 0. The first kappa shape index (κ1) is 16.9. The molecule has 2 saturated heterocycles. The van der Waals surface area contributed by atoms with E-state index in [1.807, 2.05) is 35.2 Å². The van der Waals surface area contributed by atoms with Crippen LogP contribution in [0.25, 0.3) is 0 Å². The van der Waals surface area contributed by atoms with Crippen molar-refractivity contribution in [3.8, 4) is 0 Å². The number of hydrogen-bond donors (Lipinski definition) is 0. The summed E-state index contributed by atoms with van der Waals surface area (Å²) in [5.41, 5.74) is 0.929. The van der Waals surface area contributed by atoms with E-state index in [4.69, 9.17) is 4.74 Å². The van der Waals surface area contributed by atoms with Gasteiger partial charge in [0.2, 0.25) is 5.91 Å². The van der Waals surface area contributed by atoms with Crippen LogP contribution in [0, 0.1) is 0 Å². The molecule has 6 heteroatoms. The van der Waals surface area contributed by atoms with Crippen LogP contribution in [-0.4, -0.2) is 79.0 Å². The van der Waals surface area contributed by atoms with Crippen LogP contribution in [0.2, 0.25) is 0 Å². The van der Waals surface area contributed by atoms with Crippen LogP contribution in [0.5, 0.6) is 0 Å². The number of piperazine rings is 1. The van der Waals surface area contributed by atoms with Gasteiger partial charge in [0.25, 0.3) is 5.91 Å². The number of likely N-dealkylation sites (N-methyl/N-ethyl adjacent to an activating group) is 2. The van der Waals surface area contributed by atoms with Gasteiger partial charge in [-0.15, -0.1) is 0 Å². The van der Waals surface area contributed by atoms with Gasteiger partial charge in [0, 0.05) is 33.2 Å². The number of amides is 2. The van der Waals surface area contributed by atoms with Crippen molar-refractivity contribution in [2.24, 2.45) is 0 Å². The maximum absolute atomic E-state index is 13.0. The Hall–Kier alpha value is -1.92. The Morgan fingerprint density at radius 2 is 1.83 bits per heavy atom. The standard InChI is InChI=1S/C18H25N3O3/c1-3-20-9-11-21(12-10-20)18(23)17-16(14-7-5-4-6-8-14)19(2)15(22)13-24-17/h4-8,16-17H,3,9-13H2,1-2H3/t16-,17+/m1/s1. The zero-order valence-electron chi connectivity index (χ0n) is 14.4. The molecule has 2 amide bonds. The number of carbonyl (C=O) groups is 2. The number of rotatable bonds is 3. The molecule has 0 aromatic heterocycles. The summed E-state index contributed by atoms with van der Waals surface area (Å²) < 4.78 is 5.70. The highest BCUT2D eigenvalue weighted by Gasteiger charge is 2.42. The monoisotopic (exact) mass is 331 g/mol. The lowest BCUT2D eigenvalue weighted by atomic mass is 9.97. The van der Waals surface area contributed by atoms with Gasteiger partial charge in [-0.3, -0.25) is 9.59 Å². The molecule has 0 bridgehead atoms. The largest absolute Gasteiger partial charge is 0.356 e. The summed E-state index contributed by atoms with van der Waals surface area (Å²) in [7, 11) is 1.75. The molecule has 24 heavy (non-hydrogen) atoms. The molecule has 0 spiro atoms. The topological polar surface area (TPSA) is 53.1 Å². The molecule has 2 fully saturated rings. The minimum absolute atomic E-state index is 0.0149. The zero-order chi connectivity index (χ0) is 17.1. The van der Waals surface area contributed by atoms with Gasteiger partial charge in [0.1, 0.15) is 6.61 Å². The molecule has 1 aromatic carbocycles. The van der Waals surface area contributed by atoms with E-state index in [1.165, 1.54) is 0 Å². The first-order valence-electron chi connectivity index (χ1n) is 8.55. The van der Waals surface area contributed by atoms with E-state index >= 15 is 0 Å². The molecular formula is C18H25N3O3. The first-order chi connectivity index (χ1) is 11.6. The lowest BCUT2D eigenvalue weighted by molar-refractivity contribution is -0.168. The molecular weight excluding hydrogens is 306 g/mol. The molecule has 2 aliphatic heterocycles. The van der Waals surface area contributed by atoms with E-state index < -0.39 is 6.10 Å². The maximum atomic E-state index is 13.0. The molecule has 130 valence electrons. The molecule has 3 rings (SSSR count). The van der Waals surface area contributed by atoms with E-state index in [0.29, 0.717) is 13.1 Å². The third-order valence-corrected chi connectivity index (χ3v) is 5.00. The van der Waals surface area contributed by atoms with E-state index in [2.05, 4.69) is 11.8 Å². The van der Waals surface area contributed by atoms with Crippen molar-refractivity contribution in [3.63, 3.8) is 0 Å². The lowest BCUT2D eigenvalue weighted by Crippen LogP contribution is -2.57. The van der Waals surface area contributed by atoms with Crippen molar-refractivity contribution in [3.05, 3.63) is 35.9 Å². The molecule has 2 atom stereocenters. The van der Waals surface area contributed by atoms with Gasteiger partial charge in [0.05, 0.1) is 6.04 Å². The Morgan fingerprint density at radius 1 is 1.17 bits per heavy atom. The predicted octanol–water partition coefficient (Wildman–Crippen LogP) is 0.749. The summed E-state index contributed by atoms with van der Waals surface area (Å²) in [4.78, 5) is 30.9. The number of ether oxygens (including phenoxy) is 1. The normalized spacial score (nSPS) is 25.8. The number of hydrogen-bond acceptors (Lipinski definition) is 4. The van der Waals surface area contributed by atoms with Crippen molar-refractivity contribution in [2.45, 2.75) is 19.1 Å². The Balaban J connectivity index is 1.79. The number of carbonyl (C=O) groups excluding carboxylic acids is 2. The van der Waals surface area contributed by atoms with Crippen LogP contribution in [0.3, 0.4) is 0 Å². The number of nitrogens with zero attached hydrogens (tertiary/aromatic N) is 3. The molecule has 0 saturated carbocycles. The maximum Gasteiger partial charge on any atom is 0.254 e. The second-order valence-corrected chi connectivity index (χ2v) is 6.35. The first-order valence-corrected chi connectivity index (χ1v) is 8.55. The molecule has 0 aliphatic carbocycles. The summed E-state index contributed by atoms with van der Waals surface area (Å²) in [6.45, 7) is 6.31. The Morgan fingerprint density at radius 3 is 2.46 bits per heavy atom. The van der Waals surface area contributed by atoms with Crippen LogP contribution in [-0.2, 0) is 14.3 Å². The van der Waals surface area contributed by atoms with E-state index in [1.54, 1.807) is 11.9 Å². The Kier molecular flexibility index (Phi) is 5.16. The van der Waals surface area contributed by atoms with Crippen LogP contribution in [0.15, 0.2) is 30.3 Å².